The zero-order valence-corrected chi connectivity index (χ0v) is 17.7. The number of H-pyrrole nitrogens is 1. The average molecular weight is 403 g/mol. The Morgan fingerprint density at radius 3 is 2.83 bits per heavy atom. The van der Waals surface area contributed by atoms with E-state index in [9.17, 15) is 0 Å². The van der Waals surface area contributed by atoms with Gasteiger partial charge in [0, 0.05) is 35.9 Å². The molecule has 0 bridgehead atoms. The number of aromatic nitrogens is 2. The van der Waals surface area contributed by atoms with Gasteiger partial charge >= 0.3 is 0 Å². The van der Waals surface area contributed by atoms with Crippen molar-refractivity contribution in [2.45, 2.75) is 33.1 Å². The van der Waals surface area contributed by atoms with E-state index in [1.165, 1.54) is 12.0 Å². The SMILES string of the molecule is Cc1[nH]nc2ccc(/C(N)=N/C(=C\N)N3CCCC(C)(Cc4ccccc4)C3)cc12. The van der Waals surface area contributed by atoms with E-state index in [2.05, 4.69) is 52.4 Å². The fraction of sp³-hybridized carbons (Fsp3) is 0.333. The average Bonchev–Trinajstić information content (AvgIpc) is 3.12. The van der Waals surface area contributed by atoms with Crippen LogP contribution in [0, 0.1) is 12.3 Å². The van der Waals surface area contributed by atoms with Crippen molar-refractivity contribution in [3.05, 3.63) is 77.4 Å². The lowest BCUT2D eigenvalue weighted by molar-refractivity contribution is 0.130. The molecule has 1 atom stereocenters. The number of fused-ring (bicyclic) bond motifs is 1. The van der Waals surface area contributed by atoms with E-state index < -0.39 is 0 Å². The van der Waals surface area contributed by atoms with Crippen LogP contribution in [0.1, 0.15) is 36.6 Å². The first-order chi connectivity index (χ1) is 14.5. The number of nitrogens with zero attached hydrogens (tertiary/aromatic N) is 3. The van der Waals surface area contributed by atoms with E-state index in [4.69, 9.17) is 16.5 Å². The van der Waals surface area contributed by atoms with Gasteiger partial charge in [0.15, 0.2) is 0 Å². The van der Waals surface area contributed by atoms with Gasteiger partial charge in [-0.2, -0.15) is 5.10 Å². The maximum absolute atomic E-state index is 6.38. The van der Waals surface area contributed by atoms with Crippen molar-refractivity contribution in [2.75, 3.05) is 13.1 Å². The molecule has 2 heterocycles. The minimum absolute atomic E-state index is 0.172. The summed E-state index contributed by atoms with van der Waals surface area (Å²) in [5.41, 5.74) is 16.7. The molecule has 156 valence electrons. The number of aryl methyl sites for hydroxylation is 1. The third-order valence-electron chi connectivity index (χ3n) is 6.00. The summed E-state index contributed by atoms with van der Waals surface area (Å²) in [6, 6.07) is 16.6. The van der Waals surface area contributed by atoms with Crippen molar-refractivity contribution in [3.8, 4) is 0 Å². The molecular weight excluding hydrogens is 372 g/mol. The fourth-order valence-corrected chi connectivity index (χ4v) is 4.44. The molecule has 0 spiro atoms. The Kier molecular flexibility index (Phi) is 5.48. The number of nitrogens with one attached hydrogen (secondary N) is 1. The van der Waals surface area contributed by atoms with Crippen LogP contribution in [0.15, 0.2) is 65.5 Å². The minimum Gasteiger partial charge on any atom is -0.402 e. The molecule has 1 aliphatic heterocycles. The number of nitrogens with two attached hydrogens (primary N) is 2. The molecule has 3 aromatic rings. The number of aromatic amines is 1. The van der Waals surface area contributed by atoms with Gasteiger partial charge in [-0.15, -0.1) is 0 Å². The van der Waals surface area contributed by atoms with Crippen LogP contribution in [0.25, 0.3) is 10.9 Å². The van der Waals surface area contributed by atoms with E-state index in [1.54, 1.807) is 6.20 Å². The van der Waals surface area contributed by atoms with Crippen LogP contribution in [0.4, 0.5) is 0 Å². The normalized spacial score (nSPS) is 20.7. The number of piperidine rings is 1. The molecule has 6 heteroatoms. The first-order valence-electron chi connectivity index (χ1n) is 10.5. The molecule has 0 saturated carbocycles. The summed E-state index contributed by atoms with van der Waals surface area (Å²) in [6.45, 7) is 6.19. The van der Waals surface area contributed by atoms with E-state index in [0.29, 0.717) is 5.84 Å². The number of benzene rings is 2. The van der Waals surface area contributed by atoms with Gasteiger partial charge in [-0.25, -0.2) is 4.99 Å². The zero-order valence-electron chi connectivity index (χ0n) is 17.7. The molecule has 0 radical (unpaired) electrons. The summed E-state index contributed by atoms with van der Waals surface area (Å²) in [5, 5.41) is 8.33. The standard InChI is InChI=1S/C24H30N6/c1-17-20-13-19(9-10-21(20)29-28-17)23(26)27-22(15-25)30-12-6-11-24(2,16-30)14-18-7-4-3-5-8-18/h3-5,7-10,13,15H,6,11-12,14,16,25H2,1-2H3,(H2,26,27)(H,28,29)/b22-15+. The zero-order chi connectivity index (χ0) is 21.1. The third-order valence-corrected chi connectivity index (χ3v) is 6.00. The van der Waals surface area contributed by atoms with Crippen LogP contribution in [0.5, 0.6) is 0 Å². The summed E-state index contributed by atoms with van der Waals surface area (Å²) in [7, 11) is 0. The first-order valence-corrected chi connectivity index (χ1v) is 10.5. The second-order valence-electron chi connectivity index (χ2n) is 8.60. The van der Waals surface area contributed by atoms with Gasteiger partial charge in [0.2, 0.25) is 0 Å². The summed E-state index contributed by atoms with van der Waals surface area (Å²) in [5.74, 6) is 1.19. The van der Waals surface area contributed by atoms with Crippen LogP contribution in [-0.4, -0.2) is 34.0 Å². The van der Waals surface area contributed by atoms with Crippen molar-refractivity contribution in [1.82, 2.24) is 15.1 Å². The summed E-state index contributed by atoms with van der Waals surface area (Å²) >= 11 is 0. The molecule has 1 aliphatic rings. The summed E-state index contributed by atoms with van der Waals surface area (Å²) < 4.78 is 0. The molecule has 6 nitrogen and oxygen atoms in total. The lowest BCUT2D eigenvalue weighted by Gasteiger charge is -2.41. The first kappa shape index (κ1) is 20.0. The van der Waals surface area contributed by atoms with Gasteiger partial charge in [0.25, 0.3) is 0 Å². The lowest BCUT2D eigenvalue weighted by Crippen LogP contribution is -2.42. The predicted octanol–water partition coefficient (Wildman–Crippen LogP) is 3.68. The van der Waals surface area contributed by atoms with Gasteiger partial charge in [-0.3, -0.25) is 5.10 Å². The summed E-state index contributed by atoms with van der Waals surface area (Å²) in [4.78, 5) is 6.97. The van der Waals surface area contributed by atoms with Crippen molar-refractivity contribution in [1.29, 1.82) is 0 Å². The van der Waals surface area contributed by atoms with Gasteiger partial charge in [0.05, 0.1) is 5.52 Å². The Morgan fingerprint density at radius 1 is 1.27 bits per heavy atom. The number of rotatable bonds is 5. The van der Waals surface area contributed by atoms with Gasteiger partial charge in [0.1, 0.15) is 11.7 Å². The topological polar surface area (TPSA) is 96.3 Å². The molecule has 4 rings (SSSR count). The maximum Gasteiger partial charge on any atom is 0.146 e. The molecule has 30 heavy (non-hydrogen) atoms. The maximum atomic E-state index is 6.38. The Labute approximate surface area is 177 Å². The highest BCUT2D eigenvalue weighted by atomic mass is 15.2. The number of hydrogen-bond donors (Lipinski definition) is 3. The largest absolute Gasteiger partial charge is 0.402 e. The highest BCUT2D eigenvalue weighted by molar-refractivity contribution is 6.01. The monoisotopic (exact) mass is 402 g/mol. The molecule has 0 amide bonds. The molecule has 1 aromatic heterocycles. The van der Waals surface area contributed by atoms with E-state index in [0.717, 1.165) is 53.9 Å². The second kappa shape index (κ2) is 8.22. The van der Waals surface area contributed by atoms with E-state index >= 15 is 0 Å². The van der Waals surface area contributed by atoms with E-state index in [-0.39, 0.29) is 5.41 Å². The van der Waals surface area contributed by atoms with Crippen LogP contribution in [0.2, 0.25) is 0 Å². The number of likely N-dealkylation sites (tertiary alicyclic amines) is 1. The summed E-state index contributed by atoms with van der Waals surface area (Å²) in [6.07, 6.45) is 4.91. The molecule has 1 fully saturated rings. The minimum atomic E-state index is 0.172. The molecule has 2 aromatic carbocycles. The Hall–Kier alpha value is -3.28. The highest BCUT2D eigenvalue weighted by Gasteiger charge is 2.32. The molecule has 1 unspecified atom stereocenters. The van der Waals surface area contributed by atoms with Crippen LogP contribution < -0.4 is 11.5 Å². The number of aliphatic imine (C=N–C) groups is 1. The Bertz CT molecular complexity index is 1080. The van der Waals surface area contributed by atoms with Crippen LogP contribution in [-0.2, 0) is 6.42 Å². The van der Waals surface area contributed by atoms with Crippen LogP contribution >= 0.6 is 0 Å². The Morgan fingerprint density at radius 2 is 2.07 bits per heavy atom. The van der Waals surface area contributed by atoms with Crippen LogP contribution in [0.3, 0.4) is 0 Å². The fourth-order valence-electron chi connectivity index (χ4n) is 4.44. The lowest BCUT2D eigenvalue weighted by atomic mass is 9.77. The van der Waals surface area contributed by atoms with Gasteiger partial charge < -0.3 is 16.4 Å². The van der Waals surface area contributed by atoms with Crippen molar-refractivity contribution >= 4 is 16.7 Å². The molecule has 1 saturated heterocycles. The van der Waals surface area contributed by atoms with Gasteiger partial charge in [-0.1, -0.05) is 37.3 Å². The number of hydrogen-bond acceptors (Lipinski definition) is 4. The Balaban J connectivity index is 1.54. The van der Waals surface area contributed by atoms with E-state index in [1.807, 2.05) is 25.1 Å². The van der Waals surface area contributed by atoms with Crippen molar-refractivity contribution < 1.29 is 0 Å². The molecule has 5 N–H and O–H groups in total. The smallest absolute Gasteiger partial charge is 0.146 e. The quantitative estimate of drug-likeness (QED) is 0.448. The highest BCUT2D eigenvalue weighted by Crippen LogP contribution is 2.34. The van der Waals surface area contributed by atoms with Crippen molar-refractivity contribution in [3.63, 3.8) is 0 Å². The predicted molar refractivity (Wildman–Crippen MR) is 123 cm³/mol. The third kappa shape index (κ3) is 4.17. The second-order valence-corrected chi connectivity index (χ2v) is 8.60. The molecule has 0 aliphatic carbocycles. The molecular formula is C24H30N6. The number of amidine groups is 1. The van der Waals surface area contributed by atoms with Gasteiger partial charge in [-0.05, 0) is 55.4 Å². The van der Waals surface area contributed by atoms with Crippen molar-refractivity contribution in [2.24, 2.45) is 21.9 Å².